The van der Waals surface area contributed by atoms with Crippen LogP contribution in [0.15, 0.2) is 54.4 Å². The zero-order chi connectivity index (χ0) is 20.4. The molecule has 2 saturated heterocycles. The summed E-state index contributed by atoms with van der Waals surface area (Å²) in [7, 11) is 1.55. The molecule has 3 heterocycles. The molecular formula is C22H22N2O5. The number of Topliss-reactive ketones (excluding diaryl/α,β-unsaturated/α-hetero) is 1. The summed E-state index contributed by atoms with van der Waals surface area (Å²) in [5.41, 5.74) is 1.17. The van der Waals surface area contributed by atoms with Crippen molar-refractivity contribution in [2.45, 2.75) is 25.0 Å². The Kier molecular flexibility index (Phi) is 5.31. The molecular weight excluding hydrogens is 372 g/mol. The minimum Gasteiger partial charge on any atom is -0.507 e. The van der Waals surface area contributed by atoms with Crippen LogP contribution in [0.5, 0.6) is 5.75 Å². The van der Waals surface area contributed by atoms with Crippen LogP contribution in [0.4, 0.5) is 0 Å². The van der Waals surface area contributed by atoms with Crippen LogP contribution in [-0.4, -0.2) is 53.0 Å². The average Bonchev–Trinajstić information content (AvgIpc) is 3.36. The van der Waals surface area contributed by atoms with Crippen molar-refractivity contribution in [1.82, 2.24) is 9.88 Å². The average molecular weight is 394 g/mol. The molecule has 2 atom stereocenters. The smallest absolute Gasteiger partial charge is 0.295 e. The molecule has 1 amide bonds. The van der Waals surface area contributed by atoms with Gasteiger partial charge in [-0.25, -0.2) is 0 Å². The van der Waals surface area contributed by atoms with E-state index in [1.165, 1.54) is 4.90 Å². The Labute approximate surface area is 168 Å². The maximum Gasteiger partial charge on any atom is 0.295 e. The molecule has 4 rings (SSSR count). The van der Waals surface area contributed by atoms with Crippen LogP contribution in [0.3, 0.4) is 0 Å². The zero-order valence-corrected chi connectivity index (χ0v) is 16.1. The Morgan fingerprint density at radius 3 is 2.69 bits per heavy atom. The molecule has 150 valence electrons. The molecule has 0 saturated carbocycles. The number of hydrogen-bond donors (Lipinski definition) is 1. The van der Waals surface area contributed by atoms with Gasteiger partial charge in [0.2, 0.25) is 0 Å². The molecule has 0 bridgehead atoms. The number of hydrogen-bond acceptors (Lipinski definition) is 6. The van der Waals surface area contributed by atoms with Crippen LogP contribution >= 0.6 is 0 Å². The van der Waals surface area contributed by atoms with Crippen LogP contribution in [-0.2, 0) is 14.3 Å². The summed E-state index contributed by atoms with van der Waals surface area (Å²) in [5.74, 6) is -0.923. The van der Waals surface area contributed by atoms with Gasteiger partial charge in [0.1, 0.15) is 11.5 Å². The number of benzene rings is 1. The Bertz CT molecular complexity index is 933. The monoisotopic (exact) mass is 394 g/mol. The Morgan fingerprint density at radius 1 is 1.28 bits per heavy atom. The van der Waals surface area contributed by atoms with E-state index in [0.29, 0.717) is 30.0 Å². The van der Waals surface area contributed by atoms with Crippen LogP contribution in [0, 0.1) is 0 Å². The van der Waals surface area contributed by atoms with Gasteiger partial charge in [-0.2, -0.15) is 0 Å². The molecule has 0 radical (unpaired) electrons. The molecule has 2 fully saturated rings. The fraction of sp³-hybridized carbons (Fsp3) is 0.318. The second-order valence-electron chi connectivity index (χ2n) is 7.10. The fourth-order valence-electron chi connectivity index (χ4n) is 3.86. The van der Waals surface area contributed by atoms with E-state index in [4.69, 9.17) is 9.47 Å². The van der Waals surface area contributed by atoms with Gasteiger partial charge in [-0.15, -0.1) is 0 Å². The molecule has 0 spiro atoms. The third kappa shape index (κ3) is 3.61. The highest BCUT2D eigenvalue weighted by atomic mass is 16.5. The number of ether oxygens (including phenoxy) is 2. The minimum atomic E-state index is -0.713. The lowest BCUT2D eigenvalue weighted by molar-refractivity contribution is -0.140. The number of aliphatic hydroxyl groups is 1. The van der Waals surface area contributed by atoms with E-state index >= 15 is 0 Å². The first kappa shape index (κ1) is 19.1. The van der Waals surface area contributed by atoms with Crippen molar-refractivity contribution in [3.05, 3.63) is 65.5 Å². The first-order valence-electron chi connectivity index (χ1n) is 9.54. The largest absolute Gasteiger partial charge is 0.507 e. The van der Waals surface area contributed by atoms with Gasteiger partial charge < -0.3 is 19.5 Å². The summed E-state index contributed by atoms with van der Waals surface area (Å²) >= 11 is 0. The molecule has 7 heteroatoms. The number of pyridine rings is 1. The van der Waals surface area contributed by atoms with Crippen molar-refractivity contribution in [3.8, 4) is 5.75 Å². The number of rotatable bonds is 5. The van der Waals surface area contributed by atoms with Gasteiger partial charge in [-0.3, -0.25) is 14.6 Å². The Balaban J connectivity index is 1.79. The van der Waals surface area contributed by atoms with Crippen molar-refractivity contribution in [1.29, 1.82) is 0 Å². The first-order chi connectivity index (χ1) is 14.1. The van der Waals surface area contributed by atoms with Gasteiger partial charge in [-0.05, 0) is 48.7 Å². The van der Waals surface area contributed by atoms with Crippen LogP contribution in [0.25, 0.3) is 5.76 Å². The molecule has 2 aliphatic rings. The van der Waals surface area contributed by atoms with Gasteiger partial charge in [0.05, 0.1) is 24.8 Å². The van der Waals surface area contributed by atoms with E-state index in [9.17, 15) is 14.7 Å². The minimum absolute atomic E-state index is 0.0613. The molecule has 2 aromatic rings. The number of likely N-dealkylation sites (tertiary alicyclic amines) is 1. The molecule has 2 aliphatic heterocycles. The standard InChI is InChI=1S/C22H22N2O5/c1-28-16-8-6-14(7-9-16)20(25)18-19(15-4-2-10-23-12-15)24(22(27)21(18)26)13-17-5-3-11-29-17/h2,4,6-10,12,17,19,25H,3,5,11,13H2,1H3/t17-,19+/m1/s1. The van der Waals surface area contributed by atoms with Gasteiger partial charge in [0.25, 0.3) is 11.7 Å². The van der Waals surface area contributed by atoms with Crippen molar-refractivity contribution in [3.63, 3.8) is 0 Å². The topological polar surface area (TPSA) is 89.0 Å². The number of ketones is 1. The van der Waals surface area contributed by atoms with E-state index in [0.717, 1.165) is 12.8 Å². The third-order valence-corrected chi connectivity index (χ3v) is 5.33. The van der Waals surface area contributed by atoms with Gasteiger partial charge in [-0.1, -0.05) is 6.07 Å². The van der Waals surface area contributed by atoms with Gasteiger partial charge >= 0.3 is 0 Å². The lowest BCUT2D eigenvalue weighted by Crippen LogP contribution is -2.36. The summed E-state index contributed by atoms with van der Waals surface area (Å²) in [6, 6.07) is 9.52. The summed E-state index contributed by atoms with van der Waals surface area (Å²) in [6.45, 7) is 0.946. The Morgan fingerprint density at radius 2 is 2.07 bits per heavy atom. The summed E-state index contributed by atoms with van der Waals surface area (Å²) in [6.07, 6.45) is 4.88. The van der Waals surface area contributed by atoms with E-state index < -0.39 is 17.7 Å². The number of aliphatic hydroxyl groups excluding tert-OH is 1. The Hall–Kier alpha value is -3.19. The molecule has 29 heavy (non-hydrogen) atoms. The predicted octanol–water partition coefficient (Wildman–Crippen LogP) is 2.69. The molecule has 1 N–H and O–H groups in total. The SMILES string of the molecule is COc1ccc(C(O)=C2C(=O)C(=O)N(C[C@H]3CCCO3)[C@H]2c2cccnc2)cc1. The van der Waals surface area contributed by atoms with E-state index in [2.05, 4.69) is 4.98 Å². The molecule has 7 nitrogen and oxygen atoms in total. The normalized spacial score (nSPS) is 23.6. The molecule has 0 unspecified atom stereocenters. The van der Waals surface area contributed by atoms with E-state index in [1.807, 2.05) is 0 Å². The lowest BCUT2D eigenvalue weighted by atomic mass is 9.96. The van der Waals surface area contributed by atoms with Gasteiger partial charge in [0.15, 0.2) is 0 Å². The van der Waals surface area contributed by atoms with Gasteiger partial charge in [0, 0.05) is 31.1 Å². The van der Waals surface area contributed by atoms with Crippen molar-refractivity contribution < 1.29 is 24.2 Å². The van der Waals surface area contributed by atoms with Crippen molar-refractivity contribution in [2.24, 2.45) is 0 Å². The maximum absolute atomic E-state index is 12.9. The quantitative estimate of drug-likeness (QED) is 0.477. The second kappa shape index (κ2) is 8.05. The number of methoxy groups -OCH3 is 1. The molecule has 1 aromatic heterocycles. The van der Waals surface area contributed by atoms with Crippen LogP contribution in [0.1, 0.15) is 30.0 Å². The number of nitrogens with zero attached hydrogens (tertiary/aromatic N) is 2. The summed E-state index contributed by atoms with van der Waals surface area (Å²) in [5, 5.41) is 11.0. The number of carbonyl (C=O) groups excluding carboxylic acids is 2. The van der Waals surface area contributed by atoms with E-state index in [1.54, 1.807) is 55.9 Å². The molecule has 0 aliphatic carbocycles. The highest BCUT2D eigenvalue weighted by molar-refractivity contribution is 6.46. The fourth-order valence-corrected chi connectivity index (χ4v) is 3.86. The van der Waals surface area contributed by atoms with E-state index in [-0.39, 0.29) is 17.4 Å². The predicted molar refractivity (Wildman–Crippen MR) is 105 cm³/mol. The third-order valence-electron chi connectivity index (χ3n) is 5.33. The van der Waals surface area contributed by atoms with Crippen LogP contribution in [0.2, 0.25) is 0 Å². The highest BCUT2D eigenvalue weighted by Crippen LogP contribution is 2.39. The zero-order valence-electron chi connectivity index (χ0n) is 16.1. The number of carbonyl (C=O) groups is 2. The summed E-state index contributed by atoms with van der Waals surface area (Å²) in [4.78, 5) is 31.4. The van der Waals surface area contributed by atoms with Crippen LogP contribution < -0.4 is 4.74 Å². The second-order valence-corrected chi connectivity index (χ2v) is 7.10. The highest BCUT2D eigenvalue weighted by Gasteiger charge is 2.47. The molecule has 1 aromatic carbocycles. The lowest BCUT2D eigenvalue weighted by Gasteiger charge is -2.27. The summed E-state index contributed by atoms with van der Waals surface area (Å²) < 4.78 is 10.8. The van der Waals surface area contributed by atoms with Crippen molar-refractivity contribution >= 4 is 17.4 Å². The maximum atomic E-state index is 12.9. The van der Waals surface area contributed by atoms with Crippen molar-refractivity contribution in [2.75, 3.05) is 20.3 Å². The number of aromatic nitrogens is 1. The first-order valence-corrected chi connectivity index (χ1v) is 9.54. The number of amides is 1.